The lowest BCUT2D eigenvalue weighted by molar-refractivity contribution is -0.146. The number of aromatic hydroxyl groups is 1. The predicted molar refractivity (Wildman–Crippen MR) is 146 cm³/mol. The van der Waals surface area contributed by atoms with E-state index >= 15 is 0 Å². The number of ketones is 1. The Bertz CT molecular complexity index is 1460. The molecule has 2 aliphatic carbocycles. The summed E-state index contributed by atoms with van der Waals surface area (Å²) in [4.78, 5) is 34.9. The van der Waals surface area contributed by atoms with Crippen molar-refractivity contribution < 1.29 is 33.7 Å². The van der Waals surface area contributed by atoms with Crippen LogP contribution in [-0.2, 0) is 35.7 Å². The van der Waals surface area contributed by atoms with Gasteiger partial charge in [-0.15, -0.1) is 0 Å². The minimum absolute atomic E-state index is 0.0313. The molecule has 9 heteroatoms. The molecule has 0 radical (unpaired) electrons. The third-order valence-electron chi connectivity index (χ3n) is 9.31. The normalized spacial score (nSPS) is 29.0. The van der Waals surface area contributed by atoms with Gasteiger partial charge >= 0.3 is 5.97 Å². The van der Waals surface area contributed by atoms with Gasteiger partial charge in [0.25, 0.3) is 0 Å². The highest BCUT2D eigenvalue weighted by molar-refractivity contribution is 6.13. The molecule has 6 rings (SSSR count). The number of fused-ring (bicyclic) bond motifs is 1. The monoisotopic (exact) mass is 546 g/mol. The molecule has 40 heavy (non-hydrogen) atoms. The Morgan fingerprint density at radius 1 is 1.20 bits per heavy atom. The Hall–Kier alpha value is -3.85. The van der Waals surface area contributed by atoms with Crippen molar-refractivity contribution in [2.75, 3.05) is 34.9 Å². The first kappa shape index (κ1) is 26.4. The Kier molecular flexibility index (Phi) is 6.37. The number of likely N-dealkylation sites (tertiary alicyclic amines) is 1. The smallest absolute Gasteiger partial charge is 0.319 e. The molecule has 2 aromatic rings. The number of nitrogens with zero attached hydrogens (tertiary/aromatic N) is 2. The second-order valence-corrected chi connectivity index (χ2v) is 11.3. The third kappa shape index (κ3) is 3.74. The molecule has 210 valence electrons. The van der Waals surface area contributed by atoms with E-state index in [1.54, 1.807) is 6.07 Å². The Morgan fingerprint density at radius 3 is 2.70 bits per heavy atom. The van der Waals surface area contributed by atoms with Gasteiger partial charge in [0.15, 0.2) is 29.1 Å². The van der Waals surface area contributed by atoms with Gasteiger partial charge < -0.3 is 29.1 Å². The molecule has 0 spiro atoms. The minimum Gasteiger partial charge on any atom is -0.504 e. The average molecular weight is 547 g/mol. The Balaban J connectivity index is 1.55. The van der Waals surface area contributed by atoms with Gasteiger partial charge in [-0.3, -0.25) is 9.59 Å². The lowest BCUT2D eigenvalue weighted by atomic mass is 9.53. The molecule has 4 aliphatic rings. The van der Waals surface area contributed by atoms with E-state index in [0.29, 0.717) is 35.4 Å². The molecule has 1 fully saturated rings. The zero-order chi connectivity index (χ0) is 28.3. The van der Waals surface area contributed by atoms with Crippen LogP contribution >= 0.6 is 0 Å². The number of oxime groups is 1. The molecule has 2 bridgehead atoms. The summed E-state index contributed by atoms with van der Waals surface area (Å²) in [6.45, 7) is 2.76. The summed E-state index contributed by atoms with van der Waals surface area (Å²) in [5.41, 5.74) is 3.94. The lowest BCUT2D eigenvalue weighted by Crippen LogP contribution is -2.60. The molecule has 0 unspecified atom stereocenters. The maximum atomic E-state index is 13.3. The second-order valence-electron chi connectivity index (χ2n) is 11.3. The summed E-state index contributed by atoms with van der Waals surface area (Å²) in [5.74, 6) is -0.758. The fourth-order valence-electron chi connectivity index (χ4n) is 7.39. The van der Waals surface area contributed by atoms with Crippen molar-refractivity contribution in [3.8, 4) is 11.5 Å². The van der Waals surface area contributed by atoms with Crippen molar-refractivity contribution in [1.29, 1.82) is 0 Å². The summed E-state index contributed by atoms with van der Waals surface area (Å²) in [6.07, 6.45) is 2.62. The van der Waals surface area contributed by atoms with E-state index in [4.69, 9.17) is 19.0 Å². The van der Waals surface area contributed by atoms with E-state index in [1.165, 1.54) is 21.3 Å². The second kappa shape index (κ2) is 9.66. The molecule has 2 aliphatic heterocycles. The average Bonchev–Trinajstić information content (AvgIpc) is 3.39. The number of phenolic OH excluding ortho intramolecular Hbond substituents is 1. The SMILES string of the molecule is COC(=O)[C@@H]1C(c2cccc(C)c2)=NO[C@H]1c1cc(OC)c(O)c2c1C[C@@H]1[C@@H]3C=C(OC)C(=O)C[C@]23CCN1C. The number of hydrogen-bond acceptors (Lipinski definition) is 9. The number of Topliss-reactive ketones (excluding diaryl/α,β-unsaturated/α-hetero) is 1. The zero-order valence-corrected chi connectivity index (χ0v) is 23.4. The number of carbonyl (C=O) groups is 2. The van der Waals surface area contributed by atoms with Gasteiger partial charge in [-0.25, -0.2) is 0 Å². The number of piperidine rings is 1. The van der Waals surface area contributed by atoms with E-state index in [1.807, 2.05) is 37.3 Å². The van der Waals surface area contributed by atoms with Crippen LogP contribution in [0.3, 0.4) is 0 Å². The highest BCUT2D eigenvalue weighted by Gasteiger charge is 2.58. The van der Waals surface area contributed by atoms with E-state index in [-0.39, 0.29) is 35.7 Å². The number of likely N-dealkylation sites (N-methyl/N-ethyl adjacent to an activating group) is 1. The fraction of sp³-hybridized carbons (Fsp3) is 0.452. The van der Waals surface area contributed by atoms with Crippen molar-refractivity contribution in [3.63, 3.8) is 0 Å². The summed E-state index contributed by atoms with van der Waals surface area (Å²) >= 11 is 0. The number of allylic oxidation sites excluding steroid dienone is 1. The number of ether oxygens (including phenoxy) is 3. The van der Waals surface area contributed by atoms with E-state index < -0.39 is 23.4 Å². The van der Waals surface area contributed by atoms with Crippen molar-refractivity contribution in [2.45, 2.75) is 43.7 Å². The van der Waals surface area contributed by atoms with Crippen molar-refractivity contribution >= 4 is 17.5 Å². The standard InChI is InChI=1S/C31H34N2O7/c1-16-7-6-8-17(11-16)27-25(30(36)39-5)29(40-32-27)19-13-24(38-4)28(35)26-18(19)12-21-20-14-23(37-3)22(34)15-31(20,26)9-10-33(21)2/h6-8,11,13-14,20-21,25,29,35H,9-10,12,15H2,1-5H3/t20-,21+,25+,29-,31-/m0/s1. The molecule has 0 aromatic heterocycles. The van der Waals surface area contributed by atoms with Crippen LogP contribution in [0.4, 0.5) is 0 Å². The zero-order valence-electron chi connectivity index (χ0n) is 23.4. The minimum atomic E-state index is -0.828. The lowest BCUT2D eigenvalue weighted by Gasteiger charge is -2.57. The first-order valence-electron chi connectivity index (χ1n) is 13.5. The van der Waals surface area contributed by atoms with Crippen LogP contribution in [0.5, 0.6) is 11.5 Å². The van der Waals surface area contributed by atoms with Crippen LogP contribution in [0.25, 0.3) is 0 Å². The highest BCUT2D eigenvalue weighted by atomic mass is 16.6. The molecule has 1 N–H and O–H groups in total. The van der Waals surface area contributed by atoms with E-state index in [2.05, 4.69) is 17.1 Å². The fourth-order valence-corrected chi connectivity index (χ4v) is 7.39. The number of hydrogen-bond donors (Lipinski definition) is 1. The predicted octanol–water partition coefficient (Wildman–Crippen LogP) is 3.59. The van der Waals surface area contributed by atoms with Crippen LogP contribution in [-0.4, -0.2) is 68.4 Å². The molecular formula is C31H34N2O7. The van der Waals surface area contributed by atoms with Crippen LogP contribution in [0, 0.1) is 18.8 Å². The summed E-state index contributed by atoms with van der Waals surface area (Å²) in [7, 11) is 6.46. The van der Waals surface area contributed by atoms with Crippen molar-refractivity contribution in [3.05, 3.63) is 70.0 Å². The third-order valence-corrected chi connectivity index (χ3v) is 9.31. The Morgan fingerprint density at radius 2 is 2.00 bits per heavy atom. The molecule has 2 heterocycles. The summed E-state index contributed by atoms with van der Waals surface area (Å²) < 4.78 is 16.4. The van der Waals surface area contributed by atoms with Crippen LogP contribution in [0.2, 0.25) is 0 Å². The van der Waals surface area contributed by atoms with E-state index in [0.717, 1.165) is 23.2 Å². The van der Waals surface area contributed by atoms with Gasteiger partial charge in [0.05, 0.1) is 21.3 Å². The van der Waals surface area contributed by atoms with Gasteiger partial charge in [-0.05, 0) is 51.1 Å². The maximum Gasteiger partial charge on any atom is 0.319 e. The van der Waals surface area contributed by atoms with Crippen LogP contribution in [0.1, 0.15) is 46.8 Å². The number of benzene rings is 2. The first-order valence-corrected chi connectivity index (χ1v) is 13.5. The van der Waals surface area contributed by atoms with Crippen LogP contribution in [0.15, 0.2) is 47.3 Å². The number of carbonyl (C=O) groups excluding carboxylic acids is 2. The van der Waals surface area contributed by atoms with Gasteiger partial charge in [-0.2, -0.15) is 0 Å². The number of phenols is 1. The van der Waals surface area contributed by atoms with Gasteiger partial charge in [0.2, 0.25) is 0 Å². The summed E-state index contributed by atoms with van der Waals surface area (Å²) in [5, 5.41) is 16.0. The molecule has 0 amide bonds. The largest absolute Gasteiger partial charge is 0.504 e. The molecule has 2 aromatic carbocycles. The number of esters is 1. The van der Waals surface area contributed by atoms with Gasteiger partial charge in [0.1, 0.15) is 11.6 Å². The number of rotatable bonds is 5. The van der Waals surface area contributed by atoms with Crippen molar-refractivity contribution in [2.24, 2.45) is 17.0 Å². The molecule has 5 atom stereocenters. The summed E-state index contributed by atoms with van der Waals surface area (Å²) in [6, 6.07) is 9.56. The topological polar surface area (TPSA) is 107 Å². The van der Waals surface area contributed by atoms with Crippen molar-refractivity contribution in [1.82, 2.24) is 4.90 Å². The first-order chi connectivity index (χ1) is 19.2. The molecular weight excluding hydrogens is 512 g/mol. The Labute approximate surface area is 233 Å². The molecule has 9 nitrogen and oxygen atoms in total. The quantitative estimate of drug-likeness (QED) is 0.567. The van der Waals surface area contributed by atoms with E-state index in [9.17, 15) is 14.7 Å². The van der Waals surface area contributed by atoms with Gasteiger partial charge in [0, 0.05) is 40.5 Å². The van der Waals surface area contributed by atoms with Crippen LogP contribution < -0.4 is 4.74 Å². The maximum absolute atomic E-state index is 13.3. The van der Waals surface area contributed by atoms with Gasteiger partial charge in [-0.1, -0.05) is 35.0 Å². The highest BCUT2D eigenvalue weighted by Crippen LogP contribution is 2.59. The number of aryl methyl sites for hydroxylation is 1. The number of methoxy groups -OCH3 is 3. The molecule has 0 saturated carbocycles. The molecule has 1 saturated heterocycles.